The second-order valence-electron chi connectivity index (χ2n) is 3.61. The monoisotopic (exact) mass is 128 g/mol. The molecule has 0 unspecified atom stereocenters. The van der Waals surface area contributed by atoms with Gasteiger partial charge in [-0.1, -0.05) is 13.8 Å². The summed E-state index contributed by atoms with van der Waals surface area (Å²) in [5.41, 5.74) is -0.389. The zero-order valence-corrected chi connectivity index (χ0v) is 6.52. The summed E-state index contributed by atoms with van der Waals surface area (Å²) in [6, 6.07) is 0. The largest absolute Gasteiger partial charge is 0.390 e. The average molecular weight is 128 g/mol. The van der Waals surface area contributed by atoms with Gasteiger partial charge in [0, 0.05) is 0 Å². The maximum absolute atomic E-state index is 9.73. The molecule has 0 spiro atoms. The van der Waals surface area contributed by atoms with Crippen LogP contribution >= 0.6 is 0 Å². The first-order valence-electron chi connectivity index (χ1n) is 3.77. The standard InChI is InChI=1S/C8H16O/c1-6-4-5-7(2)8(6,3)9/h6-7,9H,4-5H2,1-3H3/t6-,7-/m0/s1. The van der Waals surface area contributed by atoms with Gasteiger partial charge in [-0.2, -0.15) is 0 Å². The van der Waals surface area contributed by atoms with Gasteiger partial charge in [-0.15, -0.1) is 0 Å². The molecule has 1 rings (SSSR count). The van der Waals surface area contributed by atoms with Crippen molar-refractivity contribution in [1.82, 2.24) is 0 Å². The zero-order valence-electron chi connectivity index (χ0n) is 6.52. The molecule has 0 aromatic heterocycles. The highest BCUT2D eigenvalue weighted by molar-refractivity contribution is 4.90. The first-order chi connectivity index (χ1) is 4.05. The Morgan fingerprint density at radius 1 is 1.22 bits per heavy atom. The SMILES string of the molecule is C[C@H]1CC[C@H](C)C1(C)O. The van der Waals surface area contributed by atoms with E-state index in [1.807, 2.05) is 6.92 Å². The second-order valence-corrected chi connectivity index (χ2v) is 3.61. The first kappa shape index (κ1) is 7.07. The lowest BCUT2D eigenvalue weighted by Gasteiger charge is -2.26. The third-order valence-corrected chi connectivity index (χ3v) is 3.03. The van der Waals surface area contributed by atoms with Crippen molar-refractivity contribution in [2.24, 2.45) is 11.8 Å². The minimum Gasteiger partial charge on any atom is -0.390 e. The van der Waals surface area contributed by atoms with E-state index in [2.05, 4.69) is 13.8 Å². The van der Waals surface area contributed by atoms with Crippen molar-refractivity contribution in [3.8, 4) is 0 Å². The Hall–Kier alpha value is -0.0400. The van der Waals surface area contributed by atoms with Gasteiger partial charge >= 0.3 is 0 Å². The normalized spacial score (nSPS) is 41.3. The quantitative estimate of drug-likeness (QED) is 0.527. The Labute approximate surface area is 57.1 Å². The first-order valence-corrected chi connectivity index (χ1v) is 3.77. The Kier molecular flexibility index (Phi) is 1.55. The van der Waals surface area contributed by atoms with Crippen molar-refractivity contribution < 1.29 is 5.11 Å². The summed E-state index contributed by atoms with van der Waals surface area (Å²) < 4.78 is 0. The number of hydrogen-bond acceptors (Lipinski definition) is 1. The maximum atomic E-state index is 9.73. The van der Waals surface area contributed by atoms with Crippen molar-refractivity contribution >= 4 is 0 Å². The van der Waals surface area contributed by atoms with Crippen molar-refractivity contribution in [2.75, 3.05) is 0 Å². The van der Waals surface area contributed by atoms with Crippen LogP contribution in [0, 0.1) is 11.8 Å². The van der Waals surface area contributed by atoms with Crippen LogP contribution in [0.2, 0.25) is 0 Å². The van der Waals surface area contributed by atoms with E-state index in [1.54, 1.807) is 0 Å². The molecule has 1 nitrogen and oxygen atoms in total. The van der Waals surface area contributed by atoms with E-state index in [1.165, 1.54) is 12.8 Å². The molecule has 0 radical (unpaired) electrons. The van der Waals surface area contributed by atoms with E-state index in [-0.39, 0.29) is 5.60 Å². The van der Waals surface area contributed by atoms with Crippen molar-refractivity contribution in [3.05, 3.63) is 0 Å². The summed E-state index contributed by atoms with van der Waals surface area (Å²) >= 11 is 0. The highest BCUT2D eigenvalue weighted by atomic mass is 16.3. The molecule has 0 aliphatic heterocycles. The van der Waals surface area contributed by atoms with Crippen molar-refractivity contribution in [3.63, 3.8) is 0 Å². The molecule has 9 heavy (non-hydrogen) atoms. The molecular weight excluding hydrogens is 112 g/mol. The third-order valence-electron chi connectivity index (χ3n) is 3.03. The van der Waals surface area contributed by atoms with Gasteiger partial charge in [-0.3, -0.25) is 0 Å². The van der Waals surface area contributed by atoms with E-state index in [9.17, 15) is 5.11 Å². The summed E-state index contributed by atoms with van der Waals surface area (Å²) in [7, 11) is 0. The molecular formula is C8H16O. The van der Waals surface area contributed by atoms with Crippen LogP contribution in [0.4, 0.5) is 0 Å². The average Bonchev–Trinajstić information content (AvgIpc) is 1.96. The fourth-order valence-electron chi connectivity index (χ4n) is 1.57. The second kappa shape index (κ2) is 1.98. The van der Waals surface area contributed by atoms with Gasteiger partial charge in [-0.25, -0.2) is 0 Å². The van der Waals surface area contributed by atoms with E-state index < -0.39 is 0 Å². The fourth-order valence-corrected chi connectivity index (χ4v) is 1.57. The summed E-state index contributed by atoms with van der Waals surface area (Å²) in [6.07, 6.45) is 2.38. The predicted molar refractivity (Wildman–Crippen MR) is 38.2 cm³/mol. The molecule has 0 saturated heterocycles. The minimum atomic E-state index is -0.389. The number of rotatable bonds is 0. The van der Waals surface area contributed by atoms with Gasteiger partial charge in [0.25, 0.3) is 0 Å². The van der Waals surface area contributed by atoms with Gasteiger partial charge in [0.2, 0.25) is 0 Å². The van der Waals surface area contributed by atoms with Crippen LogP contribution in [0.5, 0.6) is 0 Å². The van der Waals surface area contributed by atoms with Crippen LogP contribution < -0.4 is 0 Å². The summed E-state index contributed by atoms with van der Waals surface area (Å²) in [6.45, 7) is 6.21. The molecule has 0 amide bonds. The van der Waals surface area contributed by atoms with Crippen LogP contribution in [0.1, 0.15) is 33.6 Å². The molecule has 0 aromatic carbocycles. The van der Waals surface area contributed by atoms with Crippen LogP contribution in [-0.4, -0.2) is 10.7 Å². The van der Waals surface area contributed by atoms with E-state index in [4.69, 9.17) is 0 Å². The lowest BCUT2D eigenvalue weighted by atomic mass is 9.88. The van der Waals surface area contributed by atoms with Gasteiger partial charge in [-0.05, 0) is 31.6 Å². The predicted octanol–water partition coefficient (Wildman–Crippen LogP) is 1.80. The molecule has 1 aliphatic rings. The highest BCUT2D eigenvalue weighted by Gasteiger charge is 2.39. The maximum Gasteiger partial charge on any atom is 0.0670 e. The van der Waals surface area contributed by atoms with Gasteiger partial charge in [0.05, 0.1) is 5.60 Å². The molecule has 54 valence electrons. The van der Waals surface area contributed by atoms with Crippen LogP contribution in [0.25, 0.3) is 0 Å². The van der Waals surface area contributed by atoms with Crippen molar-refractivity contribution in [1.29, 1.82) is 0 Å². The highest BCUT2D eigenvalue weighted by Crippen LogP contribution is 2.39. The molecule has 1 aliphatic carbocycles. The summed E-state index contributed by atoms with van der Waals surface area (Å²) in [5, 5.41) is 9.73. The van der Waals surface area contributed by atoms with Crippen LogP contribution in [0.15, 0.2) is 0 Å². The molecule has 0 aromatic rings. The van der Waals surface area contributed by atoms with Gasteiger partial charge < -0.3 is 5.11 Å². The number of aliphatic hydroxyl groups is 1. The molecule has 2 atom stereocenters. The molecule has 1 heteroatoms. The summed E-state index contributed by atoms with van der Waals surface area (Å²) in [5.74, 6) is 0.986. The number of hydrogen-bond donors (Lipinski definition) is 1. The zero-order chi connectivity index (χ0) is 7.07. The van der Waals surface area contributed by atoms with E-state index in [0.717, 1.165) is 0 Å². The van der Waals surface area contributed by atoms with Crippen LogP contribution in [0.3, 0.4) is 0 Å². The van der Waals surface area contributed by atoms with E-state index in [0.29, 0.717) is 11.8 Å². The third kappa shape index (κ3) is 0.983. The minimum absolute atomic E-state index is 0.389. The molecule has 1 N–H and O–H groups in total. The smallest absolute Gasteiger partial charge is 0.0670 e. The molecule has 1 saturated carbocycles. The van der Waals surface area contributed by atoms with Gasteiger partial charge in [0.1, 0.15) is 0 Å². The Bertz CT molecular complexity index is 95.1. The topological polar surface area (TPSA) is 20.2 Å². The molecule has 0 heterocycles. The lowest BCUT2D eigenvalue weighted by molar-refractivity contribution is -0.00663. The van der Waals surface area contributed by atoms with E-state index >= 15 is 0 Å². The van der Waals surface area contributed by atoms with Crippen LogP contribution in [-0.2, 0) is 0 Å². The Balaban J connectivity index is 2.66. The van der Waals surface area contributed by atoms with Crippen molar-refractivity contribution in [2.45, 2.75) is 39.2 Å². The lowest BCUT2D eigenvalue weighted by Crippen LogP contribution is -2.32. The Morgan fingerprint density at radius 3 is 1.67 bits per heavy atom. The molecule has 0 bridgehead atoms. The fraction of sp³-hybridized carbons (Fsp3) is 1.00. The Morgan fingerprint density at radius 2 is 1.56 bits per heavy atom. The van der Waals surface area contributed by atoms with Gasteiger partial charge in [0.15, 0.2) is 0 Å². The molecule has 1 fully saturated rings. The summed E-state index contributed by atoms with van der Waals surface area (Å²) in [4.78, 5) is 0.